The molecule has 1 N–H and O–H groups in total. The molecule has 4 heteroatoms. The first-order chi connectivity index (χ1) is 11.5. The molecule has 2 heterocycles. The molecule has 2 aromatic rings. The van der Waals surface area contributed by atoms with Gasteiger partial charge in [0.1, 0.15) is 5.82 Å². The fraction of sp³-hybridized carbons (Fsp3) is 0.333. The van der Waals surface area contributed by atoms with Gasteiger partial charge in [-0.05, 0) is 18.9 Å². The Hall–Kier alpha value is -1.60. The SMILES string of the molecule is [CH2-]C(C)CC.[CH2-]c1ccc2c(c1)CC1(C2)C(=O)Nc2ncccc21.[W+2]. The van der Waals surface area contributed by atoms with Crippen LogP contribution in [0.15, 0.2) is 36.5 Å². The van der Waals surface area contributed by atoms with E-state index in [0.717, 1.165) is 29.8 Å². The standard InChI is InChI=1S/C16H13N2O.C5H11.W/c1-10-4-5-11-8-16(9-12(11)7-10)13-3-2-6-17-14(13)18-15(16)19;1-4-5(2)3;/h2-7H,1,8-9H2,(H,17,18,19);5H,2,4H2,1,3H3;/q2*-1;+2. The van der Waals surface area contributed by atoms with Crippen LogP contribution in [0.25, 0.3) is 0 Å². The summed E-state index contributed by atoms with van der Waals surface area (Å²) < 4.78 is 0. The van der Waals surface area contributed by atoms with Crippen molar-refractivity contribution in [1.29, 1.82) is 0 Å². The third-order valence-electron chi connectivity index (χ3n) is 4.94. The summed E-state index contributed by atoms with van der Waals surface area (Å²) >= 11 is 0. The van der Waals surface area contributed by atoms with E-state index in [0.29, 0.717) is 5.92 Å². The van der Waals surface area contributed by atoms with Crippen LogP contribution in [0.1, 0.15) is 42.5 Å². The van der Waals surface area contributed by atoms with E-state index >= 15 is 0 Å². The Morgan fingerprint density at radius 3 is 2.64 bits per heavy atom. The topological polar surface area (TPSA) is 42.0 Å². The molecule has 25 heavy (non-hydrogen) atoms. The molecule has 0 saturated heterocycles. The second-order valence-corrected chi connectivity index (χ2v) is 6.91. The first-order valence-corrected chi connectivity index (χ1v) is 8.50. The van der Waals surface area contributed by atoms with Crippen molar-refractivity contribution in [3.63, 3.8) is 0 Å². The number of amides is 1. The summed E-state index contributed by atoms with van der Waals surface area (Å²) in [5, 5.41) is 2.91. The molecule has 1 amide bonds. The molecule has 0 radical (unpaired) electrons. The van der Waals surface area contributed by atoms with Crippen molar-refractivity contribution < 1.29 is 25.9 Å². The molecule has 2 unspecified atom stereocenters. The van der Waals surface area contributed by atoms with Gasteiger partial charge in [-0.1, -0.05) is 37.5 Å². The van der Waals surface area contributed by atoms with Gasteiger partial charge in [-0.15, -0.1) is 6.07 Å². The zero-order valence-corrected chi connectivity index (χ0v) is 17.8. The van der Waals surface area contributed by atoms with E-state index < -0.39 is 5.41 Å². The Morgan fingerprint density at radius 2 is 1.96 bits per heavy atom. The average Bonchev–Trinajstić information content (AvgIpc) is 3.07. The summed E-state index contributed by atoms with van der Waals surface area (Å²) in [6, 6.07) is 10.1. The third-order valence-corrected chi connectivity index (χ3v) is 4.94. The number of anilines is 1. The Labute approximate surface area is 164 Å². The van der Waals surface area contributed by atoms with E-state index in [4.69, 9.17) is 0 Å². The second-order valence-electron chi connectivity index (χ2n) is 6.91. The van der Waals surface area contributed by atoms with Crippen molar-refractivity contribution >= 4 is 11.7 Å². The van der Waals surface area contributed by atoms with E-state index in [1.807, 2.05) is 18.2 Å². The van der Waals surface area contributed by atoms with E-state index in [2.05, 4.69) is 50.1 Å². The first kappa shape index (κ1) is 19.7. The number of nitrogens with one attached hydrogen (secondary N) is 1. The minimum absolute atomic E-state index is 0. The monoisotopic (exact) mass is 504 g/mol. The van der Waals surface area contributed by atoms with Crippen molar-refractivity contribution in [2.75, 3.05) is 5.32 Å². The number of carbonyl (C=O) groups is 1. The molecular weight excluding hydrogens is 480 g/mol. The smallest absolute Gasteiger partial charge is 0.341 e. The molecule has 130 valence electrons. The summed E-state index contributed by atoms with van der Waals surface area (Å²) in [5.41, 5.74) is 4.06. The summed E-state index contributed by atoms with van der Waals surface area (Å²) in [4.78, 5) is 16.7. The van der Waals surface area contributed by atoms with Crippen LogP contribution in [0.2, 0.25) is 0 Å². The maximum absolute atomic E-state index is 12.4. The number of hydrogen-bond acceptors (Lipinski definition) is 2. The average molecular weight is 504 g/mol. The predicted molar refractivity (Wildman–Crippen MR) is 97.7 cm³/mol. The number of hydrogen-bond donors (Lipinski definition) is 1. The maximum Gasteiger partial charge on any atom is 2.00 e. The molecule has 1 aliphatic carbocycles. The van der Waals surface area contributed by atoms with Crippen LogP contribution in [-0.2, 0) is 44.1 Å². The number of nitrogens with zero attached hydrogens (tertiary/aromatic N) is 1. The molecular formula is C21H24N2OW. The second kappa shape index (κ2) is 7.74. The quantitative estimate of drug-likeness (QED) is 0.595. The molecule has 2 atom stereocenters. The molecule has 0 bridgehead atoms. The van der Waals surface area contributed by atoms with Crippen molar-refractivity contribution in [3.8, 4) is 0 Å². The number of rotatable bonds is 1. The van der Waals surface area contributed by atoms with E-state index in [1.54, 1.807) is 6.20 Å². The van der Waals surface area contributed by atoms with Crippen LogP contribution in [0.5, 0.6) is 0 Å². The van der Waals surface area contributed by atoms with Gasteiger partial charge in [0.25, 0.3) is 0 Å². The Kier molecular flexibility index (Phi) is 6.11. The first-order valence-electron chi connectivity index (χ1n) is 8.50. The minimum Gasteiger partial charge on any atom is -0.341 e. The number of pyridine rings is 1. The molecule has 1 aromatic carbocycles. The molecule has 1 spiro atoms. The van der Waals surface area contributed by atoms with E-state index in [-0.39, 0.29) is 27.0 Å². The van der Waals surface area contributed by atoms with E-state index in [9.17, 15) is 4.79 Å². The van der Waals surface area contributed by atoms with Crippen molar-refractivity contribution in [2.45, 2.75) is 38.5 Å². The summed E-state index contributed by atoms with van der Waals surface area (Å²) in [7, 11) is 0. The minimum atomic E-state index is -0.459. The van der Waals surface area contributed by atoms with Gasteiger partial charge in [0.2, 0.25) is 5.91 Å². The van der Waals surface area contributed by atoms with Gasteiger partial charge in [-0.25, -0.2) is 4.98 Å². The Morgan fingerprint density at radius 1 is 1.28 bits per heavy atom. The number of carbonyl (C=O) groups excluding carboxylic acids is 1. The van der Waals surface area contributed by atoms with Gasteiger partial charge in [0.05, 0.1) is 5.41 Å². The van der Waals surface area contributed by atoms with Crippen molar-refractivity contribution in [2.24, 2.45) is 5.92 Å². The summed E-state index contributed by atoms with van der Waals surface area (Å²) in [5.74, 6) is 1.42. The van der Waals surface area contributed by atoms with Crippen LogP contribution in [0, 0.1) is 19.8 Å². The number of fused-ring (bicyclic) bond motifs is 3. The van der Waals surface area contributed by atoms with Gasteiger partial charge in [-0.3, -0.25) is 4.79 Å². The summed E-state index contributed by atoms with van der Waals surface area (Å²) in [6.07, 6.45) is 4.41. The predicted octanol–water partition coefficient (Wildman–Crippen LogP) is 4.12. The fourth-order valence-electron chi connectivity index (χ4n) is 3.32. The molecule has 1 aliphatic heterocycles. The third kappa shape index (κ3) is 3.67. The zero-order valence-electron chi connectivity index (χ0n) is 14.8. The van der Waals surface area contributed by atoms with E-state index in [1.165, 1.54) is 17.5 Å². The van der Waals surface area contributed by atoms with Gasteiger partial charge >= 0.3 is 21.1 Å². The Balaban J connectivity index is 0.000000335. The van der Waals surface area contributed by atoms with Gasteiger partial charge in [0.15, 0.2) is 0 Å². The molecule has 4 rings (SSSR count). The number of aromatic nitrogens is 1. The van der Waals surface area contributed by atoms with Gasteiger partial charge in [-0.2, -0.15) is 30.5 Å². The maximum atomic E-state index is 12.4. The van der Waals surface area contributed by atoms with Crippen molar-refractivity contribution in [1.82, 2.24) is 4.98 Å². The molecule has 0 fully saturated rings. The molecule has 0 saturated carbocycles. The molecule has 1 aromatic heterocycles. The molecule has 2 aliphatic rings. The van der Waals surface area contributed by atoms with Gasteiger partial charge < -0.3 is 12.2 Å². The van der Waals surface area contributed by atoms with Crippen LogP contribution in [0.3, 0.4) is 0 Å². The Bertz CT molecular complexity index is 772. The van der Waals surface area contributed by atoms with Crippen LogP contribution in [0.4, 0.5) is 5.82 Å². The van der Waals surface area contributed by atoms with Crippen LogP contribution < -0.4 is 5.32 Å². The zero-order chi connectivity index (χ0) is 17.3. The van der Waals surface area contributed by atoms with Crippen molar-refractivity contribution in [3.05, 3.63) is 72.6 Å². The summed E-state index contributed by atoms with van der Waals surface area (Å²) in [6.45, 7) is 12.0. The van der Waals surface area contributed by atoms with Gasteiger partial charge in [0, 0.05) is 11.8 Å². The number of benzene rings is 1. The normalized spacial score (nSPS) is 20.7. The fourth-order valence-corrected chi connectivity index (χ4v) is 3.32. The molecule has 3 nitrogen and oxygen atoms in total. The van der Waals surface area contributed by atoms with Crippen LogP contribution >= 0.6 is 0 Å². The largest absolute Gasteiger partial charge is 2.00 e. The van der Waals surface area contributed by atoms with Crippen LogP contribution in [-0.4, -0.2) is 10.9 Å².